The molecule has 5 rings (SSSR count). The van der Waals surface area contributed by atoms with Gasteiger partial charge in [0.2, 0.25) is 0 Å². The van der Waals surface area contributed by atoms with Crippen LogP contribution in [0, 0.1) is 12.8 Å². The molecule has 0 bridgehead atoms. The first kappa shape index (κ1) is 21.3. The van der Waals surface area contributed by atoms with Crippen molar-refractivity contribution in [3.63, 3.8) is 0 Å². The van der Waals surface area contributed by atoms with E-state index in [2.05, 4.69) is 31.7 Å². The molecule has 2 aliphatic rings. The number of aliphatic hydroxyl groups is 1. The Morgan fingerprint density at radius 3 is 2.85 bits per heavy atom. The van der Waals surface area contributed by atoms with Crippen LogP contribution >= 0.6 is 0 Å². The molecular weight excluding hydrogens is 420 g/mol. The van der Waals surface area contributed by atoms with Gasteiger partial charge in [0.25, 0.3) is 11.6 Å². The van der Waals surface area contributed by atoms with Crippen molar-refractivity contribution in [3.05, 3.63) is 60.4 Å². The van der Waals surface area contributed by atoms with Crippen LogP contribution in [0.3, 0.4) is 0 Å². The van der Waals surface area contributed by atoms with Gasteiger partial charge in [-0.1, -0.05) is 0 Å². The second-order valence-corrected chi connectivity index (χ2v) is 8.70. The summed E-state index contributed by atoms with van der Waals surface area (Å²) in [6.07, 6.45) is 8.38. The summed E-state index contributed by atoms with van der Waals surface area (Å²) in [6.45, 7) is 3.70. The molecule has 33 heavy (non-hydrogen) atoms. The number of anilines is 2. The zero-order valence-electron chi connectivity index (χ0n) is 18.8. The molecule has 0 saturated carbocycles. The maximum absolute atomic E-state index is 13.7. The van der Waals surface area contributed by atoms with E-state index in [4.69, 9.17) is 4.74 Å². The highest BCUT2D eigenvalue weighted by atomic mass is 16.5. The van der Waals surface area contributed by atoms with E-state index in [-0.39, 0.29) is 12.5 Å². The number of amides is 1. The van der Waals surface area contributed by atoms with Gasteiger partial charge >= 0.3 is 0 Å². The average Bonchev–Trinajstić information content (AvgIpc) is 3.47. The number of benzene rings is 1. The van der Waals surface area contributed by atoms with E-state index in [0.717, 1.165) is 48.2 Å². The van der Waals surface area contributed by atoms with Crippen molar-refractivity contribution in [2.24, 2.45) is 13.0 Å². The van der Waals surface area contributed by atoms with E-state index < -0.39 is 5.72 Å². The lowest BCUT2D eigenvalue weighted by Crippen LogP contribution is -2.49. The van der Waals surface area contributed by atoms with E-state index >= 15 is 0 Å². The molecule has 1 saturated heterocycles. The number of hydrogen-bond donors (Lipinski definition) is 3. The Hall–Kier alpha value is -3.59. The number of hydrogen-bond acceptors (Lipinski definition) is 7. The van der Waals surface area contributed by atoms with Gasteiger partial charge < -0.3 is 25.4 Å². The third-order valence-corrected chi connectivity index (χ3v) is 6.55. The van der Waals surface area contributed by atoms with Crippen LogP contribution in [0.2, 0.25) is 0 Å². The van der Waals surface area contributed by atoms with Gasteiger partial charge in [-0.05, 0) is 49.9 Å². The lowest BCUT2D eigenvalue weighted by molar-refractivity contribution is -0.136. The fraction of sp³-hybridized carbons (Fsp3) is 0.375. The number of pyridine rings is 1. The van der Waals surface area contributed by atoms with E-state index in [1.54, 1.807) is 24.7 Å². The largest absolute Gasteiger partial charge is 0.461 e. The average molecular weight is 449 g/mol. The van der Waals surface area contributed by atoms with Crippen molar-refractivity contribution in [1.29, 1.82) is 0 Å². The second kappa shape index (κ2) is 8.40. The highest BCUT2D eigenvalue weighted by Crippen LogP contribution is 2.36. The molecule has 2 aromatic heterocycles. The molecule has 0 radical (unpaired) electrons. The number of fused-ring (bicyclic) bond motifs is 1. The van der Waals surface area contributed by atoms with E-state index in [0.29, 0.717) is 17.2 Å². The summed E-state index contributed by atoms with van der Waals surface area (Å²) in [6, 6.07) is 7.64. The Labute approximate surface area is 192 Å². The van der Waals surface area contributed by atoms with Crippen molar-refractivity contribution in [2.75, 3.05) is 29.9 Å². The number of piperidine rings is 1. The summed E-state index contributed by atoms with van der Waals surface area (Å²) in [7, 11) is 1.91. The molecule has 0 spiro atoms. The third-order valence-electron chi connectivity index (χ3n) is 6.55. The molecule has 1 aromatic carbocycles. The molecule has 4 heterocycles. The molecule has 2 aliphatic heterocycles. The number of aromatic nitrogens is 3. The summed E-state index contributed by atoms with van der Waals surface area (Å²) >= 11 is 0. The minimum atomic E-state index is -1.38. The van der Waals surface area contributed by atoms with Crippen LogP contribution in [0.15, 0.2) is 49.1 Å². The quantitative estimate of drug-likeness (QED) is 0.550. The molecular formula is C24H28N6O3. The standard InChI is InChI=1S/C24H28N6O3/c1-16-11-19(3-6-25-16)24(26-7-10-33-24)23(32)28-20-12-18-14-27-29(2)21(18)13-22(20)30-8-4-17(15-31)5-9-30/h3,6-7,10-14,17,26,31H,4-5,8-9,15H2,1-2H3,(H,28,32). The number of ether oxygens (including phenoxy) is 1. The van der Waals surface area contributed by atoms with Gasteiger partial charge in [0, 0.05) is 55.8 Å². The first-order valence-corrected chi connectivity index (χ1v) is 11.2. The molecule has 1 fully saturated rings. The van der Waals surface area contributed by atoms with Gasteiger partial charge in [-0.2, -0.15) is 5.10 Å². The minimum Gasteiger partial charge on any atom is -0.461 e. The molecule has 1 unspecified atom stereocenters. The van der Waals surface area contributed by atoms with Crippen LogP contribution in [0.4, 0.5) is 11.4 Å². The normalized spacial score (nSPS) is 20.6. The Bertz CT molecular complexity index is 1200. The number of carbonyl (C=O) groups excluding carboxylic acids is 1. The number of aryl methyl sites for hydroxylation is 2. The second-order valence-electron chi connectivity index (χ2n) is 8.70. The Kier molecular flexibility index (Phi) is 5.41. The van der Waals surface area contributed by atoms with Crippen LogP contribution < -0.4 is 15.5 Å². The smallest absolute Gasteiger partial charge is 0.295 e. The Morgan fingerprint density at radius 2 is 2.15 bits per heavy atom. The highest BCUT2D eigenvalue weighted by molar-refractivity contribution is 6.03. The van der Waals surface area contributed by atoms with Crippen LogP contribution in [0.1, 0.15) is 24.1 Å². The predicted molar refractivity (Wildman–Crippen MR) is 125 cm³/mol. The maximum Gasteiger partial charge on any atom is 0.295 e. The number of rotatable bonds is 5. The molecule has 0 aliphatic carbocycles. The predicted octanol–water partition coefficient (Wildman–Crippen LogP) is 2.37. The first-order valence-electron chi connectivity index (χ1n) is 11.2. The van der Waals surface area contributed by atoms with Crippen molar-refractivity contribution in [3.8, 4) is 0 Å². The van der Waals surface area contributed by atoms with Crippen LogP contribution in [-0.4, -0.2) is 45.5 Å². The number of aliphatic hydroxyl groups excluding tert-OH is 1. The van der Waals surface area contributed by atoms with Gasteiger partial charge in [0.15, 0.2) is 0 Å². The molecule has 1 amide bonds. The van der Waals surface area contributed by atoms with Crippen LogP contribution in [0.5, 0.6) is 0 Å². The highest BCUT2D eigenvalue weighted by Gasteiger charge is 2.44. The number of nitrogens with one attached hydrogen (secondary N) is 2. The molecule has 3 aromatic rings. The van der Waals surface area contributed by atoms with Crippen LogP contribution in [0.25, 0.3) is 10.9 Å². The van der Waals surface area contributed by atoms with Crippen molar-refractivity contribution in [2.45, 2.75) is 25.5 Å². The van der Waals surface area contributed by atoms with Crippen molar-refractivity contribution < 1.29 is 14.6 Å². The lowest BCUT2D eigenvalue weighted by atomic mass is 9.97. The van der Waals surface area contributed by atoms with Crippen molar-refractivity contribution in [1.82, 2.24) is 20.1 Å². The number of carbonyl (C=O) groups is 1. The molecule has 1 atom stereocenters. The summed E-state index contributed by atoms with van der Waals surface area (Å²) < 4.78 is 7.66. The van der Waals surface area contributed by atoms with Gasteiger partial charge in [0.05, 0.1) is 23.1 Å². The summed E-state index contributed by atoms with van der Waals surface area (Å²) in [5.74, 6) is -0.00655. The Balaban J connectivity index is 1.51. The molecule has 9 nitrogen and oxygen atoms in total. The van der Waals surface area contributed by atoms with Gasteiger partial charge in [-0.3, -0.25) is 14.5 Å². The van der Waals surface area contributed by atoms with Crippen LogP contribution in [-0.2, 0) is 22.3 Å². The zero-order valence-corrected chi connectivity index (χ0v) is 18.8. The number of nitrogens with zero attached hydrogens (tertiary/aromatic N) is 4. The fourth-order valence-corrected chi connectivity index (χ4v) is 4.60. The monoisotopic (exact) mass is 448 g/mol. The molecule has 172 valence electrons. The van der Waals surface area contributed by atoms with E-state index in [1.807, 2.05) is 30.8 Å². The summed E-state index contributed by atoms with van der Waals surface area (Å²) in [5.41, 5.74) is 2.71. The topological polar surface area (TPSA) is 105 Å². The van der Waals surface area contributed by atoms with E-state index in [1.165, 1.54) is 6.26 Å². The zero-order chi connectivity index (χ0) is 23.0. The summed E-state index contributed by atoms with van der Waals surface area (Å²) in [4.78, 5) is 20.2. The maximum atomic E-state index is 13.7. The SMILES string of the molecule is Cc1cc(C2(C(=O)Nc3cc4cnn(C)c4cc3N3CCC(CO)CC3)NC=CO2)ccn1. The molecule has 3 N–H and O–H groups in total. The minimum absolute atomic E-state index is 0.210. The van der Waals surface area contributed by atoms with E-state index in [9.17, 15) is 9.90 Å². The molecule has 9 heteroatoms. The lowest BCUT2D eigenvalue weighted by Gasteiger charge is -2.35. The van der Waals surface area contributed by atoms with Gasteiger partial charge in [-0.25, -0.2) is 0 Å². The van der Waals surface area contributed by atoms with Crippen molar-refractivity contribution >= 4 is 28.2 Å². The fourth-order valence-electron chi connectivity index (χ4n) is 4.60. The van der Waals surface area contributed by atoms with Gasteiger partial charge in [-0.15, -0.1) is 0 Å². The first-order chi connectivity index (χ1) is 16.0. The summed E-state index contributed by atoms with van der Waals surface area (Å²) in [5, 5.41) is 21.1. The van der Waals surface area contributed by atoms with Gasteiger partial charge in [0.1, 0.15) is 6.26 Å². The Morgan fingerprint density at radius 1 is 1.33 bits per heavy atom. The third kappa shape index (κ3) is 3.78.